The van der Waals surface area contributed by atoms with Gasteiger partial charge in [-0.05, 0) is 69.1 Å². The third kappa shape index (κ3) is 3.65. The molecule has 2 aliphatic rings. The summed E-state index contributed by atoms with van der Waals surface area (Å²) in [4.78, 5) is 0. The molecule has 0 fully saturated rings. The van der Waals surface area contributed by atoms with E-state index in [0.717, 1.165) is 23.7 Å². The van der Waals surface area contributed by atoms with Crippen molar-refractivity contribution < 1.29 is 0 Å². The molecule has 0 aromatic carbocycles. The largest absolute Gasteiger partial charge is 0.0880 e. The minimum absolute atomic E-state index is 0.681. The Balaban J connectivity index is 2.08. The standard InChI is InChI=1S/C20H32/c1-14(2)7-6-8-16(4)19-12-10-17(5)18-11-9-15(3)13-20(18)19/h6-7,10,13-14,16,18-20H,8-9,11-12H2,1-5H3. The zero-order chi connectivity index (χ0) is 14.7. The van der Waals surface area contributed by atoms with Gasteiger partial charge in [-0.25, -0.2) is 0 Å². The highest BCUT2D eigenvalue weighted by molar-refractivity contribution is 5.21. The first-order valence-corrected chi connectivity index (χ1v) is 8.49. The van der Waals surface area contributed by atoms with E-state index in [1.54, 1.807) is 11.1 Å². The highest BCUT2D eigenvalue weighted by atomic mass is 14.4. The molecule has 0 saturated heterocycles. The van der Waals surface area contributed by atoms with Crippen molar-refractivity contribution in [3.8, 4) is 0 Å². The van der Waals surface area contributed by atoms with Gasteiger partial charge in [0.1, 0.15) is 0 Å². The van der Waals surface area contributed by atoms with E-state index in [1.165, 1.54) is 25.7 Å². The second-order valence-electron chi connectivity index (χ2n) is 7.47. The molecule has 20 heavy (non-hydrogen) atoms. The lowest BCUT2D eigenvalue weighted by molar-refractivity contribution is 0.200. The first kappa shape index (κ1) is 15.6. The van der Waals surface area contributed by atoms with E-state index in [-0.39, 0.29) is 0 Å². The van der Waals surface area contributed by atoms with Gasteiger partial charge in [-0.1, -0.05) is 56.2 Å². The summed E-state index contributed by atoms with van der Waals surface area (Å²) in [5.74, 6) is 3.95. The molecule has 0 radical (unpaired) electrons. The highest BCUT2D eigenvalue weighted by Gasteiger charge is 2.35. The van der Waals surface area contributed by atoms with Crippen LogP contribution < -0.4 is 0 Å². The van der Waals surface area contributed by atoms with Gasteiger partial charge in [-0.15, -0.1) is 0 Å². The molecule has 0 N–H and O–H groups in total. The third-order valence-corrected chi connectivity index (χ3v) is 5.34. The SMILES string of the molecule is CC1=CC2C(CC1)C(C)=CCC2C(C)CC=CC(C)C. The Morgan fingerprint density at radius 1 is 1.25 bits per heavy atom. The first-order chi connectivity index (χ1) is 9.49. The van der Waals surface area contributed by atoms with Crippen LogP contribution in [0.2, 0.25) is 0 Å². The number of allylic oxidation sites excluding steroid dienone is 6. The molecule has 0 aromatic heterocycles. The lowest BCUT2D eigenvalue weighted by Crippen LogP contribution is -2.32. The molecular weight excluding hydrogens is 240 g/mol. The van der Waals surface area contributed by atoms with Gasteiger partial charge < -0.3 is 0 Å². The van der Waals surface area contributed by atoms with Crippen molar-refractivity contribution in [2.24, 2.45) is 29.6 Å². The Morgan fingerprint density at radius 2 is 2.00 bits per heavy atom. The Morgan fingerprint density at radius 3 is 2.70 bits per heavy atom. The van der Waals surface area contributed by atoms with Crippen molar-refractivity contribution in [3.05, 3.63) is 35.5 Å². The van der Waals surface area contributed by atoms with Crippen molar-refractivity contribution in [1.82, 2.24) is 0 Å². The molecule has 0 spiro atoms. The molecule has 0 saturated carbocycles. The molecule has 0 heterocycles. The quantitative estimate of drug-likeness (QED) is 0.537. The fraction of sp³-hybridized carbons (Fsp3) is 0.700. The number of rotatable bonds is 4. The van der Waals surface area contributed by atoms with E-state index in [2.05, 4.69) is 58.9 Å². The number of hydrogen-bond acceptors (Lipinski definition) is 0. The fourth-order valence-electron chi connectivity index (χ4n) is 4.04. The smallest absolute Gasteiger partial charge is 0.0131 e. The Kier molecular flexibility index (Phi) is 5.29. The summed E-state index contributed by atoms with van der Waals surface area (Å²) in [6, 6.07) is 0. The van der Waals surface area contributed by atoms with Crippen LogP contribution >= 0.6 is 0 Å². The van der Waals surface area contributed by atoms with Gasteiger partial charge >= 0.3 is 0 Å². The lowest BCUT2D eigenvalue weighted by Gasteiger charge is -2.41. The maximum Gasteiger partial charge on any atom is -0.0131 e. The summed E-state index contributed by atoms with van der Waals surface area (Å²) in [5, 5.41) is 0. The van der Waals surface area contributed by atoms with Gasteiger partial charge in [0.2, 0.25) is 0 Å². The van der Waals surface area contributed by atoms with Crippen LogP contribution in [0.1, 0.15) is 60.3 Å². The average Bonchev–Trinajstić information content (AvgIpc) is 2.38. The van der Waals surface area contributed by atoms with Crippen LogP contribution in [-0.4, -0.2) is 0 Å². The summed E-state index contributed by atoms with van der Waals surface area (Å²) < 4.78 is 0. The Labute approximate surface area is 126 Å². The van der Waals surface area contributed by atoms with Crippen LogP contribution in [0.3, 0.4) is 0 Å². The second-order valence-corrected chi connectivity index (χ2v) is 7.47. The molecule has 2 aliphatic carbocycles. The van der Waals surface area contributed by atoms with Gasteiger partial charge in [0, 0.05) is 0 Å². The van der Waals surface area contributed by atoms with Crippen LogP contribution in [0.15, 0.2) is 35.5 Å². The fourth-order valence-corrected chi connectivity index (χ4v) is 4.04. The zero-order valence-electron chi connectivity index (χ0n) is 14.0. The highest BCUT2D eigenvalue weighted by Crippen LogP contribution is 2.45. The summed E-state index contributed by atoms with van der Waals surface area (Å²) in [7, 11) is 0. The first-order valence-electron chi connectivity index (χ1n) is 8.49. The average molecular weight is 272 g/mol. The van der Waals surface area contributed by atoms with Crippen LogP contribution in [0.5, 0.6) is 0 Å². The van der Waals surface area contributed by atoms with Gasteiger partial charge in [0.25, 0.3) is 0 Å². The number of fused-ring (bicyclic) bond motifs is 1. The van der Waals surface area contributed by atoms with E-state index in [0.29, 0.717) is 5.92 Å². The van der Waals surface area contributed by atoms with E-state index in [4.69, 9.17) is 0 Å². The van der Waals surface area contributed by atoms with Gasteiger partial charge in [0.05, 0.1) is 0 Å². The van der Waals surface area contributed by atoms with Gasteiger partial charge in [-0.2, -0.15) is 0 Å². The van der Waals surface area contributed by atoms with Crippen molar-refractivity contribution in [2.75, 3.05) is 0 Å². The predicted molar refractivity (Wildman–Crippen MR) is 89.6 cm³/mol. The zero-order valence-corrected chi connectivity index (χ0v) is 14.0. The molecule has 4 atom stereocenters. The summed E-state index contributed by atoms with van der Waals surface area (Å²) in [6.45, 7) is 11.7. The molecule has 0 heteroatoms. The van der Waals surface area contributed by atoms with E-state index in [9.17, 15) is 0 Å². The van der Waals surface area contributed by atoms with Gasteiger partial charge in [0.15, 0.2) is 0 Å². The predicted octanol–water partition coefficient (Wildman–Crippen LogP) is 6.16. The molecule has 0 amide bonds. The lowest BCUT2D eigenvalue weighted by atomic mass is 9.63. The molecule has 112 valence electrons. The minimum Gasteiger partial charge on any atom is -0.0880 e. The van der Waals surface area contributed by atoms with Gasteiger partial charge in [-0.3, -0.25) is 0 Å². The van der Waals surface area contributed by atoms with E-state index >= 15 is 0 Å². The van der Waals surface area contributed by atoms with Crippen molar-refractivity contribution in [2.45, 2.75) is 60.3 Å². The van der Waals surface area contributed by atoms with Crippen molar-refractivity contribution in [3.63, 3.8) is 0 Å². The topological polar surface area (TPSA) is 0 Å². The molecule has 0 aromatic rings. The van der Waals surface area contributed by atoms with E-state index < -0.39 is 0 Å². The molecular formula is C20H32. The maximum absolute atomic E-state index is 2.61. The maximum atomic E-state index is 2.61. The van der Waals surface area contributed by atoms with E-state index in [1.807, 2.05) is 0 Å². The van der Waals surface area contributed by atoms with Crippen LogP contribution in [-0.2, 0) is 0 Å². The normalized spacial score (nSPS) is 32.0. The molecule has 0 bridgehead atoms. The second kappa shape index (κ2) is 6.78. The van der Waals surface area contributed by atoms with Crippen LogP contribution in [0.25, 0.3) is 0 Å². The minimum atomic E-state index is 0.681. The summed E-state index contributed by atoms with van der Waals surface area (Å²) >= 11 is 0. The monoisotopic (exact) mass is 272 g/mol. The molecule has 2 rings (SSSR count). The molecule has 4 unspecified atom stereocenters. The Hall–Kier alpha value is -0.780. The Bertz CT molecular complexity index is 408. The summed E-state index contributed by atoms with van der Waals surface area (Å²) in [5.41, 5.74) is 3.27. The molecule has 0 nitrogen and oxygen atoms in total. The molecule has 0 aliphatic heterocycles. The third-order valence-electron chi connectivity index (χ3n) is 5.34. The number of hydrogen-bond donors (Lipinski definition) is 0. The van der Waals surface area contributed by atoms with Crippen molar-refractivity contribution >= 4 is 0 Å². The van der Waals surface area contributed by atoms with Crippen molar-refractivity contribution in [1.29, 1.82) is 0 Å². The van der Waals surface area contributed by atoms with Crippen LogP contribution in [0.4, 0.5) is 0 Å². The summed E-state index contributed by atoms with van der Waals surface area (Å²) in [6.07, 6.45) is 15.1. The van der Waals surface area contributed by atoms with Crippen LogP contribution in [0, 0.1) is 29.6 Å².